The lowest BCUT2D eigenvalue weighted by molar-refractivity contribution is -0.135. The molecule has 21 heavy (non-hydrogen) atoms. The second kappa shape index (κ2) is 8.03. The first-order valence-corrected chi connectivity index (χ1v) is 7.87. The van der Waals surface area contributed by atoms with Gasteiger partial charge in [-0.25, -0.2) is 0 Å². The first-order chi connectivity index (χ1) is 10.2. The molecule has 4 heteroatoms. The third kappa shape index (κ3) is 4.46. The van der Waals surface area contributed by atoms with E-state index in [1.165, 1.54) is 12.0 Å². The largest absolute Gasteiger partial charge is 0.497 e. The van der Waals surface area contributed by atoms with E-state index in [1.807, 2.05) is 24.3 Å². The topological polar surface area (TPSA) is 55.6 Å². The Morgan fingerprint density at radius 1 is 1.33 bits per heavy atom. The molecule has 1 aromatic carbocycles. The third-order valence-corrected chi connectivity index (χ3v) is 4.23. The summed E-state index contributed by atoms with van der Waals surface area (Å²) >= 11 is 0. The van der Waals surface area contributed by atoms with E-state index in [9.17, 15) is 4.79 Å². The van der Waals surface area contributed by atoms with E-state index in [-0.39, 0.29) is 5.91 Å². The molecule has 0 heterocycles. The number of ether oxygens (including phenoxy) is 1. The molecule has 0 saturated heterocycles. The second-order valence-electron chi connectivity index (χ2n) is 5.66. The van der Waals surface area contributed by atoms with Crippen molar-refractivity contribution >= 4 is 5.91 Å². The zero-order valence-electron chi connectivity index (χ0n) is 12.9. The van der Waals surface area contributed by atoms with Crippen molar-refractivity contribution in [3.05, 3.63) is 29.8 Å². The molecule has 0 unspecified atom stereocenters. The molecule has 116 valence electrons. The van der Waals surface area contributed by atoms with Crippen molar-refractivity contribution < 1.29 is 9.53 Å². The molecule has 2 rings (SSSR count). The van der Waals surface area contributed by atoms with Crippen LogP contribution in [0.1, 0.15) is 37.7 Å². The Bertz CT molecular complexity index is 441. The predicted octanol–water partition coefficient (Wildman–Crippen LogP) is 2.36. The van der Waals surface area contributed by atoms with Gasteiger partial charge in [-0.3, -0.25) is 4.79 Å². The number of amides is 1. The summed E-state index contributed by atoms with van der Waals surface area (Å²) in [5.41, 5.74) is 6.76. The minimum Gasteiger partial charge on any atom is -0.497 e. The third-order valence-electron chi connectivity index (χ3n) is 4.23. The molecule has 1 amide bonds. The molecule has 4 nitrogen and oxygen atoms in total. The van der Waals surface area contributed by atoms with E-state index in [4.69, 9.17) is 10.5 Å². The second-order valence-corrected chi connectivity index (χ2v) is 5.66. The van der Waals surface area contributed by atoms with Gasteiger partial charge in [0.15, 0.2) is 0 Å². The van der Waals surface area contributed by atoms with Crippen molar-refractivity contribution in [3.63, 3.8) is 0 Å². The number of methoxy groups -OCH3 is 1. The Morgan fingerprint density at radius 2 is 2.05 bits per heavy atom. The number of benzene rings is 1. The fourth-order valence-corrected chi connectivity index (χ4v) is 2.66. The highest BCUT2D eigenvalue weighted by molar-refractivity contribution is 5.77. The van der Waals surface area contributed by atoms with Crippen molar-refractivity contribution in [2.75, 3.05) is 20.2 Å². The number of nitrogens with zero attached hydrogens (tertiary/aromatic N) is 1. The zero-order valence-corrected chi connectivity index (χ0v) is 12.9. The molecule has 0 spiro atoms. The molecule has 0 atom stereocenters. The standard InChI is InChI=1S/C17H26N2O2/c1-21-16-9-6-14(7-10-16)8-11-17(20)19(13-3-12-18)15-4-2-5-15/h6-7,9-10,15H,2-5,8,11-13,18H2,1H3. The summed E-state index contributed by atoms with van der Waals surface area (Å²) in [5.74, 6) is 1.12. The van der Waals surface area contributed by atoms with Crippen LogP contribution in [0.5, 0.6) is 5.75 Å². The normalized spacial score (nSPS) is 14.6. The molecule has 2 N–H and O–H groups in total. The quantitative estimate of drug-likeness (QED) is 0.799. The smallest absolute Gasteiger partial charge is 0.223 e. The maximum Gasteiger partial charge on any atom is 0.223 e. The van der Waals surface area contributed by atoms with Crippen LogP contribution in [0.3, 0.4) is 0 Å². The molecule has 0 radical (unpaired) electrons. The molecule has 0 aliphatic heterocycles. The molecule has 1 saturated carbocycles. The zero-order chi connectivity index (χ0) is 15.1. The number of nitrogens with two attached hydrogens (primary N) is 1. The van der Waals surface area contributed by atoms with Crippen LogP contribution in [-0.2, 0) is 11.2 Å². The average Bonchev–Trinajstić information content (AvgIpc) is 2.47. The molecular weight excluding hydrogens is 264 g/mol. The fraction of sp³-hybridized carbons (Fsp3) is 0.588. The summed E-state index contributed by atoms with van der Waals surface area (Å²) in [7, 11) is 1.66. The Labute approximate surface area is 127 Å². The van der Waals surface area contributed by atoms with Crippen molar-refractivity contribution in [2.24, 2.45) is 5.73 Å². The fourth-order valence-electron chi connectivity index (χ4n) is 2.66. The molecule has 1 aromatic rings. The molecule has 1 fully saturated rings. The minimum atomic E-state index is 0.268. The molecule has 1 aliphatic rings. The minimum absolute atomic E-state index is 0.268. The number of hydrogen-bond donors (Lipinski definition) is 1. The van der Waals surface area contributed by atoms with Gasteiger partial charge in [-0.2, -0.15) is 0 Å². The SMILES string of the molecule is COc1ccc(CCC(=O)N(CCCN)C2CCC2)cc1. The van der Waals surface area contributed by atoms with Gasteiger partial charge < -0.3 is 15.4 Å². The first kappa shape index (κ1) is 15.8. The van der Waals surface area contributed by atoms with Crippen LogP contribution < -0.4 is 10.5 Å². The van der Waals surface area contributed by atoms with Gasteiger partial charge in [-0.15, -0.1) is 0 Å². The predicted molar refractivity (Wildman–Crippen MR) is 84.3 cm³/mol. The maximum atomic E-state index is 12.4. The van der Waals surface area contributed by atoms with Crippen molar-refractivity contribution in [1.82, 2.24) is 4.90 Å². The Kier molecular flexibility index (Phi) is 6.05. The monoisotopic (exact) mass is 290 g/mol. The van der Waals surface area contributed by atoms with Gasteiger partial charge in [0.05, 0.1) is 7.11 Å². The maximum absolute atomic E-state index is 12.4. The van der Waals surface area contributed by atoms with Gasteiger partial charge in [0, 0.05) is 19.0 Å². The summed E-state index contributed by atoms with van der Waals surface area (Å²) in [6.45, 7) is 1.46. The number of hydrogen-bond acceptors (Lipinski definition) is 3. The van der Waals surface area contributed by atoms with Crippen LogP contribution in [0.15, 0.2) is 24.3 Å². The van der Waals surface area contributed by atoms with Crippen LogP contribution in [0, 0.1) is 0 Å². The van der Waals surface area contributed by atoms with Gasteiger partial charge in [0.2, 0.25) is 5.91 Å². The summed E-state index contributed by atoms with van der Waals surface area (Å²) in [6, 6.07) is 8.40. The highest BCUT2D eigenvalue weighted by Crippen LogP contribution is 2.25. The van der Waals surface area contributed by atoms with Crippen LogP contribution >= 0.6 is 0 Å². The Hall–Kier alpha value is -1.55. The number of carbonyl (C=O) groups is 1. The van der Waals surface area contributed by atoms with E-state index >= 15 is 0 Å². The van der Waals surface area contributed by atoms with E-state index < -0.39 is 0 Å². The van der Waals surface area contributed by atoms with Gasteiger partial charge in [-0.1, -0.05) is 12.1 Å². The summed E-state index contributed by atoms with van der Waals surface area (Å²) in [6.07, 6.45) is 5.81. The van der Waals surface area contributed by atoms with E-state index in [0.29, 0.717) is 19.0 Å². The van der Waals surface area contributed by atoms with Crippen LogP contribution in [0.25, 0.3) is 0 Å². The van der Waals surface area contributed by atoms with Crippen LogP contribution in [0.2, 0.25) is 0 Å². The van der Waals surface area contributed by atoms with Crippen LogP contribution in [-0.4, -0.2) is 37.0 Å². The van der Waals surface area contributed by atoms with E-state index in [0.717, 1.165) is 38.0 Å². The van der Waals surface area contributed by atoms with Crippen molar-refractivity contribution in [3.8, 4) is 5.75 Å². The molecule has 1 aliphatic carbocycles. The van der Waals surface area contributed by atoms with E-state index in [1.54, 1.807) is 7.11 Å². The number of rotatable bonds is 8. The lowest BCUT2D eigenvalue weighted by Gasteiger charge is -2.37. The van der Waals surface area contributed by atoms with Gasteiger partial charge >= 0.3 is 0 Å². The lowest BCUT2D eigenvalue weighted by Crippen LogP contribution is -2.45. The Balaban J connectivity index is 1.85. The number of carbonyl (C=O) groups excluding carboxylic acids is 1. The molecule has 0 bridgehead atoms. The molecular formula is C17H26N2O2. The average molecular weight is 290 g/mol. The highest BCUT2D eigenvalue weighted by atomic mass is 16.5. The highest BCUT2D eigenvalue weighted by Gasteiger charge is 2.27. The summed E-state index contributed by atoms with van der Waals surface area (Å²) in [4.78, 5) is 14.5. The van der Waals surface area contributed by atoms with E-state index in [2.05, 4.69) is 4.90 Å². The van der Waals surface area contributed by atoms with Gasteiger partial charge in [-0.05, 0) is 56.3 Å². The lowest BCUT2D eigenvalue weighted by atomic mass is 9.91. The van der Waals surface area contributed by atoms with Gasteiger partial charge in [0.25, 0.3) is 0 Å². The van der Waals surface area contributed by atoms with Crippen molar-refractivity contribution in [2.45, 2.75) is 44.6 Å². The van der Waals surface area contributed by atoms with Crippen LogP contribution in [0.4, 0.5) is 0 Å². The Morgan fingerprint density at radius 3 is 2.57 bits per heavy atom. The van der Waals surface area contributed by atoms with Crippen molar-refractivity contribution in [1.29, 1.82) is 0 Å². The first-order valence-electron chi connectivity index (χ1n) is 7.87. The number of aryl methyl sites for hydroxylation is 1. The van der Waals surface area contributed by atoms with Gasteiger partial charge in [0.1, 0.15) is 5.75 Å². The molecule has 0 aromatic heterocycles. The summed E-state index contributed by atoms with van der Waals surface area (Å²) < 4.78 is 5.14. The summed E-state index contributed by atoms with van der Waals surface area (Å²) in [5, 5.41) is 0.